The van der Waals surface area contributed by atoms with Gasteiger partial charge in [0.25, 0.3) is 0 Å². The normalized spacial score (nSPS) is 39.0. The molecule has 0 aromatic carbocycles. The van der Waals surface area contributed by atoms with Crippen LogP contribution >= 0.6 is 0 Å². The van der Waals surface area contributed by atoms with Crippen LogP contribution in [0.3, 0.4) is 0 Å². The molecule has 1 rings (SSSR count). The molecular weight excluding hydrogens is 140 g/mol. The Morgan fingerprint density at radius 2 is 2.09 bits per heavy atom. The maximum Gasteiger partial charge on any atom is 0.0691 e. The van der Waals surface area contributed by atoms with Gasteiger partial charge in [0, 0.05) is 6.04 Å². The quantitative estimate of drug-likeness (QED) is 0.522. The molecule has 0 aliphatic heterocycles. The summed E-state index contributed by atoms with van der Waals surface area (Å²) in [6.45, 7) is 0.744. The Kier molecular flexibility index (Phi) is 3.30. The summed E-state index contributed by atoms with van der Waals surface area (Å²) in [6.07, 6.45) is 3.67. The highest BCUT2D eigenvalue weighted by atomic mass is 16.3. The molecule has 0 spiro atoms. The second-order valence-corrected chi connectivity index (χ2v) is 3.49. The predicted molar refractivity (Wildman–Crippen MR) is 45.0 cm³/mol. The standard InChI is InChI=1S/C8H18N2O/c9-4-3-6-1-2-8(11)7(10)5-6/h6-8,11H,1-5,9-10H2. The fourth-order valence-electron chi connectivity index (χ4n) is 1.78. The van der Waals surface area contributed by atoms with Gasteiger partial charge in [0.05, 0.1) is 6.10 Å². The van der Waals surface area contributed by atoms with Crippen molar-refractivity contribution in [2.24, 2.45) is 17.4 Å². The lowest BCUT2D eigenvalue weighted by Gasteiger charge is -2.30. The molecule has 0 aromatic heterocycles. The van der Waals surface area contributed by atoms with Crippen LogP contribution in [-0.2, 0) is 0 Å². The molecule has 3 nitrogen and oxygen atoms in total. The fraction of sp³-hybridized carbons (Fsp3) is 1.00. The molecule has 1 saturated carbocycles. The molecule has 0 bridgehead atoms. The van der Waals surface area contributed by atoms with Gasteiger partial charge in [-0.05, 0) is 38.1 Å². The lowest BCUT2D eigenvalue weighted by molar-refractivity contribution is 0.0852. The van der Waals surface area contributed by atoms with Crippen LogP contribution in [0.2, 0.25) is 0 Å². The Morgan fingerprint density at radius 1 is 1.36 bits per heavy atom. The van der Waals surface area contributed by atoms with Crippen LogP contribution in [0, 0.1) is 5.92 Å². The molecule has 0 radical (unpaired) electrons. The first-order valence-electron chi connectivity index (χ1n) is 4.37. The molecule has 3 unspecified atom stereocenters. The van der Waals surface area contributed by atoms with Crippen molar-refractivity contribution in [2.45, 2.75) is 37.8 Å². The molecule has 0 saturated heterocycles. The largest absolute Gasteiger partial charge is 0.392 e. The van der Waals surface area contributed by atoms with E-state index in [9.17, 15) is 5.11 Å². The minimum absolute atomic E-state index is 0.0136. The van der Waals surface area contributed by atoms with E-state index in [-0.39, 0.29) is 12.1 Å². The highest BCUT2D eigenvalue weighted by molar-refractivity contribution is 4.82. The highest BCUT2D eigenvalue weighted by Crippen LogP contribution is 2.25. The van der Waals surface area contributed by atoms with Gasteiger partial charge in [-0.15, -0.1) is 0 Å². The minimum atomic E-state index is -0.274. The average molecular weight is 158 g/mol. The first kappa shape index (κ1) is 8.97. The Hall–Kier alpha value is -0.120. The first-order valence-corrected chi connectivity index (χ1v) is 4.37. The van der Waals surface area contributed by atoms with E-state index >= 15 is 0 Å². The van der Waals surface area contributed by atoms with Gasteiger partial charge >= 0.3 is 0 Å². The van der Waals surface area contributed by atoms with Crippen molar-refractivity contribution in [3.8, 4) is 0 Å². The number of hydrogen-bond acceptors (Lipinski definition) is 3. The zero-order chi connectivity index (χ0) is 8.27. The third-order valence-corrected chi connectivity index (χ3v) is 2.55. The SMILES string of the molecule is NCCC1CCC(O)C(N)C1. The monoisotopic (exact) mass is 158 g/mol. The zero-order valence-electron chi connectivity index (χ0n) is 6.87. The summed E-state index contributed by atoms with van der Waals surface area (Å²) in [6, 6.07) is -0.0136. The van der Waals surface area contributed by atoms with Gasteiger partial charge in [-0.3, -0.25) is 0 Å². The summed E-state index contributed by atoms with van der Waals surface area (Å²) in [4.78, 5) is 0. The van der Waals surface area contributed by atoms with Crippen LogP contribution in [0.25, 0.3) is 0 Å². The smallest absolute Gasteiger partial charge is 0.0691 e. The molecule has 0 aromatic rings. The van der Waals surface area contributed by atoms with E-state index in [0.29, 0.717) is 5.92 Å². The van der Waals surface area contributed by atoms with Gasteiger partial charge < -0.3 is 16.6 Å². The molecule has 3 heteroatoms. The van der Waals surface area contributed by atoms with Crippen molar-refractivity contribution in [1.82, 2.24) is 0 Å². The van der Waals surface area contributed by atoms with Gasteiger partial charge in [-0.1, -0.05) is 0 Å². The van der Waals surface area contributed by atoms with Crippen molar-refractivity contribution in [3.63, 3.8) is 0 Å². The van der Waals surface area contributed by atoms with E-state index in [1.807, 2.05) is 0 Å². The molecule has 1 aliphatic carbocycles. The molecule has 1 aliphatic rings. The molecule has 3 atom stereocenters. The molecular formula is C8H18N2O. The minimum Gasteiger partial charge on any atom is -0.392 e. The topological polar surface area (TPSA) is 72.3 Å². The number of hydrogen-bond donors (Lipinski definition) is 3. The lowest BCUT2D eigenvalue weighted by atomic mass is 9.82. The van der Waals surface area contributed by atoms with Gasteiger partial charge in [-0.2, -0.15) is 0 Å². The molecule has 1 fully saturated rings. The van der Waals surface area contributed by atoms with Gasteiger partial charge in [-0.25, -0.2) is 0 Å². The van der Waals surface area contributed by atoms with Gasteiger partial charge in [0.15, 0.2) is 0 Å². The molecule has 0 amide bonds. The Balaban J connectivity index is 2.28. The number of aliphatic hydroxyl groups excluding tert-OH is 1. The lowest BCUT2D eigenvalue weighted by Crippen LogP contribution is -2.40. The maximum atomic E-state index is 9.31. The van der Waals surface area contributed by atoms with Crippen LogP contribution in [0.1, 0.15) is 25.7 Å². The van der Waals surface area contributed by atoms with E-state index in [4.69, 9.17) is 11.5 Å². The molecule has 5 N–H and O–H groups in total. The van der Waals surface area contributed by atoms with E-state index in [2.05, 4.69) is 0 Å². The third-order valence-electron chi connectivity index (χ3n) is 2.55. The highest BCUT2D eigenvalue weighted by Gasteiger charge is 2.25. The summed E-state index contributed by atoms with van der Waals surface area (Å²) in [5.41, 5.74) is 11.1. The fourth-order valence-corrected chi connectivity index (χ4v) is 1.78. The Labute approximate surface area is 67.8 Å². The summed E-state index contributed by atoms with van der Waals surface area (Å²) < 4.78 is 0. The van der Waals surface area contributed by atoms with E-state index in [1.165, 1.54) is 0 Å². The first-order chi connectivity index (χ1) is 5.24. The molecule has 11 heavy (non-hydrogen) atoms. The van der Waals surface area contributed by atoms with Crippen molar-refractivity contribution in [1.29, 1.82) is 0 Å². The number of nitrogens with two attached hydrogens (primary N) is 2. The zero-order valence-corrected chi connectivity index (χ0v) is 6.87. The predicted octanol–water partition coefficient (Wildman–Crippen LogP) is -0.177. The van der Waals surface area contributed by atoms with Crippen LogP contribution in [0.4, 0.5) is 0 Å². The number of aliphatic hydroxyl groups is 1. The summed E-state index contributed by atoms with van der Waals surface area (Å²) >= 11 is 0. The van der Waals surface area contributed by atoms with E-state index < -0.39 is 0 Å². The van der Waals surface area contributed by atoms with Crippen molar-refractivity contribution in [2.75, 3.05) is 6.54 Å². The second-order valence-electron chi connectivity index (χ2n) is 3.49. The second kappa shape index (κ2) is 4.04. The summed E-state index contributed by atoms with van der Waals surface area (Å²) in [5.74, 6) is 0.651. The Morgan fingerprint density at radius 3 is 2.64 bits per heavy atom. The van der Waals surface area contributed by atoms with Crippen LogP contribution in [-0.4, -0.2) is 23.8 Å². The average Bonchev–Trinajstić information content (AvgIpc) is 1.98. The summed E-state index contributed by atoms with van der Waals surface area (Å²) in [7, 11) is 0. The van der Waals surface area contributed by atoms with E-state index in [1.54, 1.807) is 0 Å². The van der Waals surface area contributed by atoms with Crippen LogP contribution < -0.4 is 11.5 Å². The van der Waals surface area contributed by atoms with Crippen LogP contribution in [0.15, 0.2) is 0 Å². The maximum absolute atomic E-state index is 9.31. The van der Waals surface area contributed by atoms with Gasteiger partial charge in [0.2, 0.25) is 0 Å². The Bertz CT molecular complexity index is 119. The van der Waals surface area contributed by atoms with E-state index in [0.717, 1.165) is 32.2 Å². The van der Waals surface area contributed by atoms with Crippen molar-refractivity contribution >= 4 is 0 Å². The third kappa shape index (κ3) is 2.43. The summed E-state index contributed by atoms with van der Waals surface area (Å²) in [5, 5.41) is 9.31. The van der Waals surface area contributed by atoms with Crippen LogP contribution in [0.5, 0.6) is 0 Å². The number of rotatable bonds is 2. The molecule has 0 heterocycles. The van der Waals surface area contributed by atoms with Crippen molar-refractivity contribution < 1.29 is 5.11 Å². The molecule has 66 valence electrons. The van der Waals surface area contributed by atoms with Gasteiger partial charge in [0.1, 0.15) is 0 Å². The van der Waals surface area contributed by atoms with Crippen molar-refractivity contribution in [3.05, 3.63) is 0 Å².